The molecule has 1 heterocycles. The third kappa shape index (κ3) is 1.85. The fourth-order valence-electron chi connectivity index (χ4n) is 2.12. The second-order valence-corrected chi connectivity index (χ2v) is 4.54. The smallest absolute Gasteiger partial charge is 0.331 e. The van der Waals surface area contributed by atoms with Crippen molar-refractivity contribution in [1.29, 1.82) is 0 Å². The average Bonchev–Trinajstić information content (AvgIpc) is 3.15. The number of benzene rings is 1. The van der Waals surface area contributed by atoms with Gasteiger partial charge in [0, 0.05) is 11.6 Å². The van der Waals surface area contributed by atoms with Gasteiger partial charge in [-0.25, -0.2) is 9.18 Å². The lowest BCUT2D eigenvalue weighted by Gasteiger charge is -2.10. The zero-order chi connectivity index (χ0) is 13.6. The fraction of sp³-hybridized carbons (Fsp3) is 0.231. The quantitative estimate of drug-likeness (QED) is 0.858. The molecular weight excluding hydrogens is 251 g/mol. The molecule has 0 spiro atoms. The second-order valence-electron chi connectivity index (χ2n) is 4.54. The summed E-state index contributed by atoms with van der Waals surface area (Å²) < 4.78 is 14.8. The van der Waals surface area contributed by atoms with Gasteiger partial charge in [-0.1, -0.05) is 18.2 Å². The van der Waals surface area contributed by atoms with Crippen LogP contribution in [0.15, 0.2) is 33.9 Å². The van der Waals surface area contributed by atoms with Crippen LogP contribution in [0.25, 0.3) is 11.1 Å². The fourth-order valence-corrected chi connectivity index (χ4v) is 2.12. The maximum Gasteiger partial charge on any atom is 0.331 e. The van der Waals surface area contributed by atoms with Gasteiger partial charge in [-0.05, 0) is 18.9 Å². The van der Waals surface area contributed by atoms with E-state index in [1.165, 1.54) is 18.2 Å². The average molecular weight is 262 g/mol. The highest BCUT2D eigenvalue weighted by Crippen LogP contribution is 2.38. The largest absolute Gasteiger partial charge is 0.494 e. The SMILES string of the molecule is O=c1[nH]c(=O)n(C2CC2)c(O)c1-c1ccccc1F. The molecule has 3 rings (SSSR count). The highest BCUT2D eigenvalue weighted by molar-refractivity contribution is 5.67. The third-order valence-corrected chi connectivity index (χ3v) is 3.17. The number of hydrogen-bond donors (Lipinski definition) is 2. The molecule has 1 aromatic heterocycles. The van der Waals surface area contributed by atoms with Crippen LogP contribution in [0.5, 0.6) is 5.88 Å². The number of aromatic hydroxyl groups is 1. The molecule has 0 amide bonds. The van der Waals surface area contributed by atoms with Crippen molar-refractivity contribution >= 4 is 0 Å². The minimum absolute atomic E-state index is 0.0179. The summed E-state index contributed by atoms with van der Waals surface area (Å²) in [5.41, 5.74) is -1.67. The van der Waals surface area contributed by atoms with Gasteiger partial charge in [0.15, 0.2) is 0 Å². The van der Waals surface area contributed by atoms with Crippen LogP contribution in [0.4, 0.5) is 4.39 Å². The van der Waals surface area contributed by atoms with Crippen molar-refractivity contribution in [1.82, 2.24) is 9.55 Å². The van der Waals surface area contributed by atoms with Gasteiger partial charge in [-0.2, -0.15) is 0 Å². The predicted molar refractivity (Wildman–Crippen MR) is 66.7 cm³/mol. The Morgan fingerprint density at radius 2 is 1.95 bits per heavy atom. The van der Waals surface area contributed by atoms with Crippen molar-refractivity contribution in [2.24, 2.45) is 0 Å². The number of H-pyrrole nitrogens is 1. The molecule has 5 nitrogen and oxygen atoms in total. The third-order valence-electron chi connectivity index (χ3n) is 3.17. The van der Waals surface area contributed by atoms with E-state index in [0.29, 0.717) is 0 Å². The van der Waals surface area contributed by atoms with Crippen LogP contribution in [-0.4, -0.2) is 14.7 Å². The molecule has 19 heavy (non-hydrogen) atoms. The Morgan fingerprint density at radius 1 is 1.26 bits per heavy atom. The Kier molecular flexibility index (Phi) is 2.51. The molecule has 0 unspecified atom stereocenters. The molecule has 1 fully saturated rings. The van der Waals surface area contributed by atoms with E-state index in [4.69, 9.17) is 0 Å². The highest BCUT2D eigenvalue weighted by Gasteiger charge is 2.30. The van der Waals surface area contributed by atoms with Crippen LogP contribution in [0.3, 0.4) is 0 Å². The molecule has 2 N–H and O–H groups in total. The van der Waals surface area contributed by atoms with Crippen molar-refractivity contribution < 1.29 is 9.50 Å². The summed E-state index contributed by atoms with van der Waals surface area (Å²) in [7, 11) is 0. The standard InChI is InChI=1S/C13H11FN2O3/c14-9-4-2-1-3-8(9)10-11(17)15-13(19)16(12(10)18)7-5-6-7/h1-4,7,18H,5-6H2,(H,15,17,19). The van der Waals surface area contributed by atoms with Crippen molar-refractivity contribution in [2.45, 2.75) is 18.9 Å². The van der Waals surface area contributed by atoms with E-state index in [1.54, 1.807) is 6.07 Å². The van der Waals surface area contributed by atoms with Crippen molar-refractivity contribution in [2.75, 3.05) is 0 Å². The number of hydrogen-bond acceptors (Lipinski definition) is 3. The summed E-state index contributed by atoms with van der Waals surface area (Å²) in [6, 6.07) is 5.52. The first-order valence-electron chi connectivity index (χ1n) is 5.92. The first kappa shape index (κ1) is 11.7. The zero-order valence-electron chi connectivity index (χ0n) is 9.89. The van der Waals surface area contributed by atoms with E-state index in [-0.39, 0.29) is 17.2 Å². The zero-order valence-corrected chi connectivity index (χ0v) is 9.89. The molecular formula is C13H11FN2O3. The lowest BCUT2D eigenvalue weighted by molar-refractivity contribution is 0.404. The Balaban J connectivity index is 2.33. The van der Waals surface area contributed by atoms with Gasteiger partial charge in [0.1, 0.15) is 11.4 Å². The number of nitrogens with one attached hydrogen (secondary N) is 1. The molecule has 0 saturated heterocycles. The van der Waals surface area contributed by atoms with Crippen LogP contribution in [0, 0.1) is 5.82 Å². The molecule has 0 atom stereocenters. The molecule has 0 bridgehead atoms. The molecule has 2 aromatic rings. The number of rotatable bonds is 2. The molecule has 0 aliphatic heterocycles. The maximum absolute atomic E-state index is 13.7. The summed E-state index contributed by atoms with van der Waals surface area (Å²) in [5, 5.41) is 10.1. The summed E-state index contributed by atoms with van der Waals surface area (Å²) in [5.74, 6) is -1.09. The molecule has 1 aliphatic carbocycles. The van der Waals surface area contributed by atoms with Gasteiger partial charge in [-0.3, -0.25) is 14.3 Å². The maximum atomic E-state index is 13.7. The van der Waals surface area contributed by atoms with Crippen molar-refractivity contribution in [3.63, 3.8) is 0 Å². The minimum Gasteiger partial charge on any atom is -0.494 e. The first-order chi connectivity index (χ1) is 9.09. The van der Waals surface area contributed by atoms with Crippen LogP contribution >= 0.6 is 0 Å². The summed E-state index contributed by atoms with van der Waals surface area (Å²) in [6.07, 6.45) is 1.52. The predicted octanol–water partition coefficient (Wildman–Crippen LogP) is 1.38. The van der Waals surface area contributed by atoms with E-state index in [2.05, 4.69) is 4.98 Å². The first-order valence-corrected chi connectivity index (χ1v) is 5.92. The van der Waals surface area contributed by atoms with Gasteiger partial charge in [0.2, 0.25) is 5.88 Å². The van der Waals surface area contributed by atoms with Crippen molar-refractivity contribution in [3.8, 4) is 17.0 Å². The molecule has 1 aliphatic rings. The highest BCUT2D eigenvalue weighted by atomic mass is 19.1. The van der Waals surface area contributed by atoms with Gasteiger partial charge < -0.3 is 5.11 Å². The Bertz CT molecular complexity index is 759. The van der Waals surface area contributed by atoms with Crippen LogP contribution < -0.4 is 11.2 Å². The van der Waals surface area contributed by atoms with Gasteiger partial charge in [-0.15, -0.1) is 0 Å². The van der Waals surface area contributed by atoms with Gasteiger partial charge in [0.25, 0.3) is 5.56 Å². The van der Waals surface area contributed by atoms with Crippen LogP contribution in [-0.2, 0) is 0 Å². The Hall–Kier alpha value is -2.37. The van der Waals surface area contributed by atoms with Gasteiger partial charge >= 0.3 is 5.69 Å². The number of aromatic nitrogens is 2. The lowest BCUT2D eigenvalue weighted by Crippen LogP contribution is -2.30. The summed E-state index contributed by atoms with van der Waals surface area (Å²) in [4.78, 5) is 25.6. The molecule has 6 heteroatoms. The van der Waals surface area contributed by atoms with Crippen molar-refractivity contribution in [3.05, 3.63) is 50.9 Å². The molecule has 98 valence electrons. The van der Waals surface area contributed by atoms with Crippen LogP contribution in [0.2, 0.25) is 0 Å². The lowest BCUT2D eigenvalue weighted by atomic mass is 10.1. The molecule has 1 saturated carbocycles. The number of aromatic amines is 1. The molecule has 1 aromatic carbocycles. The van der Waals surface area contributed by atoms with E-state index in [0.717, 1.165) is 17.4 Å². The topological polar surface area (TPSA) is 75.1 Å². The normalized spacial score (nSPS) is 14.6. The Morgan fingerprint density at radius 3 is 2.58 bits per heavy atom. The molecule has 0 radical (unpaired) electrons. The summed E-state index contributed by atoms with van der Waals surface area (Å²) >= 11 is 0. The van der Waals surface area contributed by atoms with E-state index >= 15 is 0 Å². The van der Waals surface area contributed by atoms with E-state index in [9.17, 15) is 19.1 Å². The van der Waals surface area contributed by atoms with E-state index < -0.39 is 22.9 Å². The number of nitrogens with zero attached hydrogens (tertiary/aromatic N) is 1. The monoisotopic (exact) mass is 262 g/mol. The van der Waals surface area contributed by atoms with E-state index in [1.807, 2.05) is 0 Å². The number of halogens is 1. The minimum atomic E-state index is -0.787. The van der Waals surface area contributed by atoms with Crippen LogP contribution in [0.1, 0.15) is 18.9 Å². The van der Waals surface area contributed by atoms with Gasteiger partial charge in [0.05, 0.1) is 0 Å². The Labute approximate surface area is 107 Å². The second kappa shape index (κ2) is 4.08. The summed E-state index contributed by atoms with van der Waals surface area (Å²) in [6.45, 7) is 0.